The van der Waals surface area contributed by atoms with E-state index >= 15 is 0 Å². The molecule has 0 amide bonds. The molecule has 2 aromatic carbocycles. The van der Waals surface area contributed by atoms with E-state index in [1.807, 2.05) is 0 Å². The lowest BCUT2D eigenvalue weighted by Crippen LogP contribution is -2.04. The predicted molar refractivity (Wildman–Crippen MR) is 73.9 cm³/mol. The summed E-state index contributed by atoms with van der Waals surface area (Å²) in [5, 5.41) is 9.37. The van der Waals surface area contributed by atoms with Gasteiger partial charge in [0, 0.05) is 5.56 Å². The molecule has 0 radical (unpaired) electrons. The van der Waals surface area contributed by atoms with Crippen LogP contribution in [0.3, 0.4) is 0 Å². The lowest BCUT2D eigenvalue weighted by Gasteiger charge is -2.11. The molecule has 2 rings (SSSR count). The molecule has 0 saturated carbocycles. The molecular formula is C15H12ClFO3. The summed E-state index contributed by atoms with van der Waals surface area (Å²) >= 11 is 5.89. The van der Waals surface area contributed by atoms with E-state index < -0.39 is 11.8 Å². The summed E-state index contributed by atoms with van der Waals surface area (Å²) in [4.78, 5) is 11.1. The second-order valence-electron chi connectivity index (χ2n) is 4.33. The van der Waals surface area contributed by atoms with Gasteiger partial charge in [0.2, 0.25) is 0 Å². The van der Waals surface area contributed by atoms with Crippen LogP contribution in [0.2, 0.25) is 5.02 Å². The smallest absolute Gasteiger partial charge is 0.339 e. The Balaban J connectivity index is 2.20. The minimum absolute atomic E-state index is 0.0719. The fourth-order valence-corrected chi connectivity index (χ4v) is 1.95. The largest absolute Gasteiger partial charge is 0.488 e. The Kier molecular flexibility index (Phi) is 4.25. The summed E-state index contributed by atoms with van der Waals surface area (Å²) in [5.74, 6) is -1.24. The first kappa shape index (κ1) is 14.3. The molecule has 104 valence electrons. The van der Waals surface area contributed by atoms with Gasteiger partial charge in [-0.05, 0) is 31.2 Å². The number of hydrogen-bond acceptors (Lipinski definition) is 2. The molecule has 1 N–H and O–H groups in total. The average Bonchev–Trinajstić information content (AvgIpc) is 2.38. The van der Waals surface area contributed by atoms with Gasteiger partial charge in [0.25, 0.3) is 0 Å². The van der Waals surface area contributed by atoms with Crippen LogP contribution in [-0.2, 0) is 6.61 Å². The highest BCUT2D eigenvalue weighted by Crippen LogP contribution is 2.23. The monoisotopic (exact) mass is 294 g/mol. The molecule has 0 atom stereocenters. The summed E-state index contributed by atoms with van der Waals surface area (Å²) in [6.07, 6.45) is 0. The molecule has 0 bridgehead atoms. The fraction of sp³-hybridized carbons (Fsp3) is 0.133. The Bertz CT molecular complexity index is 656. The molecule has 0 unspecified atom stereocenters. The van der Waals surface area contributed by atoms with E-state index in [-0.39, 0.29) is 22.9 Å². The third kappa shape index (κ3) is 3.27. The van der Waals surface area contributed by atoms with E-state index in [9.17, 15) is 9.18 Å². The zero-order valence-electron chi connectivity index (χ0n) is 10.7. The first-order valence-corrected chi connectivity index (χ1v) is 6.26. The zero-order valence-corrected chi connectivity index (χ0v) is 11.4. The van der Waals surface area contributed by atoms with Crippen molar-refractivity contribution < 1.29 is 19.0 Å². The molecular weight excluding hydrogens is 283 g/mol. The highest BCUT2D eigenvalue weighted by atomic mass is 35.5. The van der Waals surface area contributed by atoms with Crippen molar-refractivity contribution in [1.82, 2.24) is 0 Å². The Morgan fingerprint density at radius 2 is 2.05 bits per heavy atom. The Morgan fingerprint density at radius 1 is 1.30 bits per heavy atom. The van der Waals surface area contributed by atoms with Crippen LogP contribution in [0.5, 0.6) is 5.75 Å². The number of carboxylic acids is 1. The minimum Gasteiger partial charge on any atom is -0.488 e. The molecule has 0 spiro atoms. The maximum atomic E-state index is 12.9. The number of aryl methyl sites for hydroxylation is 1. The topological polar surface area (TPSA) is 46.5 Å². The second kappa shape index (κ2) is 5.92. The summed E-state index contributed by atoms with van der Waals surface area (Å²) in [5.41, 5.74) is 1.50. The SMILES string of the molecule is Cc1ccc(OCc2ccc(F)cc2Cl)c(C(=O)O)c1. The first-order chi connectivity index (χ1) is 9.47. The van der Waals surface area contributed by atoms with Gasteiger partial charge in [-0.15, -0.1) is 0 Å². The van der Waals surface area contributed by atoms with Crippen LogP contribution < -0.4 is 4.74 Å². The lowest BCUT2D eigenvalue weighted by molar-refractivity contribution is 0.0691. The number of carboxylic acid groups (broad SMARTS) is 1. The average molecular weight is 295 g/mol. The highest BCUT2D eigenvalue weighted by molar-refractivity contribution is 6.31. The van der Waals surface area contributed by atoms with Crippen LogP contribution in [0.15, 0.2) is 36.4 Å². The maximum Gasteiger partial charge on any atom is 0.339 e. The number of aromatic carboxylic acids is 1. The number of carbonyl (C=O) groups is 1. The predicted octanol–water partition coefficient (Wildman–Crippen LogP) is 4.06. The summed E-state index contributed by atoms with van der Waals surface area (Å²) < 4.78 is 18.4. The minimum atomic E-state index is -1.06. The van der Waals surface area contributed by atoms with E-state index in [0.717, 1.165) is 5.56 Å². The maximum absolute atomic E-state index is 12.9. The molecule has 0 aliphatic carbocycles. The van der Waals surface area contributed by atoms with E-state index in [1.165, 1.54) is 24.3 Å². The van der Waals surface area contributed by atoms with Gasteiger partial charge < -0.3 is 9.84 Å². The van der Waals surface area contributed by atoms with Crippen LogP contribution >= 0.6 is 11.6 Å². The molecule has 0 fully saturated rings. The van der Waals surface area contributed by atoms with Crippen molar-refractivity contribution in [2.75, 3.05) is 0 Å². The van der Waals surface area contributed by atoms with E-state index in [2.05, 4.69) is 0 Å². The van der Waals surface area contributed by atoms with Crippen LogP contribution in [0, 0.1) is 12.7 Å². The lowest BCUT2D eigenvalue weighted by atomic mass is 10.1. The van der Waals surface area contributed by atoms with E-state index in [4.69, 9.17) is 21.4 Å². The van der Waals surface area contributed by atoms with Gasteiger partial charge in [0.15, 0.2) is 0 Å². The third-order valence-electron chi connectivity index (χ3n) is 2.76. The Morgan fingerprint density at radius 3 is 2.70 bits per heavy atom. The van der Waals surface area contributed by atoms with Crippen molar-refractivity contribution in [2.45, 2.75) is 13.5 Å². The van der Waals surface area contributed by atoms with Crippen LogP contribution in [-0.4, -0.2) is 11.1 Å². The van der Waals surface area contributed by atoms with Crippen molar-refractivity contribution in [3.63, 3.8) is 0 Å². The Hall–Kier alpha value is -2.07. The molecule has 0 aliphatic heterocycles. The molecule has 2 aromatic rings. The quantitative estimate of drug-likeness (QED) is 0.925. The van der Waals surface area contributed by atoms with Crippen molar-refractivity contribution in [3.8, 4) is 5.75 Å². The van der Waals surface area contributed by atoms with Gasteiger partial charge in [-0.25, -0.2) is 9.18 Å². The molecule has 20 heavy (non-hydrogen) atoms. The van der Waals surface area contributed by atoms with E-state index in [0.29, 0.717) is 5.56 Å². The third-order valence-corrected chi connectivity index (χ3v) is 3.12. The number of hydrogen-bond donors (Lipinski definition) is 1. The van der Waals surface area contributed by atoms with Gasteiger partial charge in [-0.3, -0.25) is 0 Å². The fourth-order valence-electron chi connectivity index (χ4n) is 1.73. The molecule has 0 saturated heterocycles. The first-order valence-electron chi connectivity index (χ1n) is 5.88. The summed E-state index contributed by atoms with van der Waals surface area (Å²) in [7, 11) is 0. The van der Waals surface area contributed by atoms with Crippen LogP contribution in [0.4, 0.5) is 4.39 Å². The highest BCUT2D eigenvalue weighted by Gasteiger charge is 2.12. The zero-order chi connectivity index (χ0) is 14.7. The number of rotatable bonds is 4. The van der Waals surface area contributed by atoms with Crippen molar-refractivity contribution >= 4 is 17.6 Å². The van der Waals surface area contributed by atoms with Crippen LogP contribution in [0.25, 0.3) is 0 Å². The van der Waals surface area contributed by atoms with Gasteiger partial charge in [-0.1, -0.05) is 29.3 Å². The van der Waals surface area contributed by atoms with Crippen molar-refractivity contribution in [2.24, 2.45) is 0 Å². The van der Waals surface area contributed by atoms with Gasteiger partial charge in [0.05, 0.1) is 5.02 Å². The molecule has 3 nitrogen and oxygen atoms in total. The standard InChI is InChI=1S/C15H12ClFO3/c1-9-2-5-14(12(6-9)15(18)19)20-8-10-3-4-11(17)7-13(10)16/h2-7H,8H2,1H3,(H,18,19). The Labute approximate surface area is 120 Å². The molecule has 0 heterocycles. The summed E-state index contributed by atoms with van der Waals surface area (Å²) in [6, 6.07) is 8.85. The molecule has 0 aliphatic rings. The van der Waals surface area contributed by atoms with Gasteiger partial charge in [0.1, 0.15) is 23.7 Å². The van der Waals surface area contributed by atoms with Crippen LogP contribution in [0.1, 0.15) is 21.5 Å². The normalized spacial score (nSPS) is 10.3. The van der Waals surface area contributed by atoms with E-state index in [1.54, 1.807) is 19.1 Å². The second-order valence-corrected chi connectivity index (χ2v) is 4.74. The van der Waals surface area contributed by atoms with Gasteiger partial charge >= 0.3 is 5.97 Å². The molecule has 0 aromatic heterocycles. The number of halogens is 2. The number of benzene rings is 2. The van der Waals surface area contributed by atoms with Crippen molar-refractivity contribution in [1.29, 1.82) is 0 Å². The van der Waals surface area contributed by atoms with Crippen molar-refractivity contribution in [3.05, 3.63) is 63.9 Å². The van der Waals surface area contributed by atoms with Gasteiger partial charge in [-0.2, -0.15) is 0 Å². The molecule has 5 heteroatoms. The number of ether oxygens (including phenoxy) is 1. The summed E-state index contributed by atoms with van der Waals surface area (Å²) in [6.45, 7) is 1.87.